The van der Waals surface area contributed by atoms with E-state index in [1.165, 1.54) is 6.07 Å². The summed E-state index contributed by atoms with van der Waals surface area (Å²) >= 11 is 0. The first kappa shape index (κ1) is 17.2. The van der Waals surface area contributed by atoms with Crippen molar-refractivity contribution in [2.75, 3.05) is 7.11 Å². The Kier molecular flexibility index (Phi) is 5.46. The third-order valence-corrected chi connectivity index (χ3v) is 4.30. The van der Waals surface area contributed by atoms with Crippen molar-refractivity contribution in [3.63, 3.8) is 0 Å². The predicted octanol–water partition coefficient (Wildman–Crippen LogP) is 4.67. The number of ether oxygens (including phenoxy) is 1. The van der Waals surface area contributed by atoms with Crippen molar-refractivity contribution in [3.05, 3.63) is 101 Å². The molecule has 0 saturated heterocycles. The zero-order valence-corrected chi connectivity index (χ0v) is 14.3. The Morgan fingerprint density at radius 3 is 2.32 bits per heavy atom. The van der Waals surface area contributed by atoms with Crippen LogP contribution < -0.4 is 10.5 Å². The summed E-state index contributed by atoms with van der Waals surface area (Å²) in [5.74, 6) is 0.581. The fraction of sp³-hybridized carbons (Fsp3) is 0.182. The highest BCUT2D eigenvalue weighted by atomic mass is 19.1. The SMILES string of the molecule is COc1cc(Cc2ccccc2F)cc(CC(N)c2ccccc2)c1. The molecule has 1 atom stereocenters. The zero-order valence-electron chi connectivity index (χ0n) is 14.3. The molecule has 0 bridgehead atoms. The maximum Gasteiger partial charge on any atom is 0.126 e. The molecule has 2 nitrogen and oxygen atoms in total. The van der Waals surface area contributed by atoms with E-state index in [1.54, 1.807) is 13.2 Å². The van der Waals surface area contributed by atoms with Crippen LogP contribution in [0, 0.1) is 5.82 Å². The van der Waals surface area contributed by atoms with Gasteiger partial charge in [0.25, 0.3) is 0 Å². The summed E-state index contributed by atoms with van der Waals surface area (Å²) in [6.45, 7) is 0. The molecule has 0 radical (unpaired) electrons. The van der Waals surface area contributed by atoms with Crippen molar-refractivity contribution >= 4 is 0 Å². The third-order valence-electron chi connectivity index (χ3n) is 4.30. The highest BCUT2D eigenvalue weighted by Gasteiger charge is 2.10. The van der Waals surface area contributed by atoms with Gasteiger partial charge in [0.2, 0.25) is 0 Å². The molecule has 0 saturated carbocycles. The van der Waals surface area contributed by atoms with Crippen LogP contribution in [-0.4, -0.2) is 7.11 Å². The van der Waals surface area contributed by atoms with Gasteiger partial charge >= 0.3 is 0 Å². The lowest BCUT2D eigenvalue weighted by molar-refractivity contribution is 0.413. The number of halogens is 1. The lowest BCUT2D eigenvalue weighted by Gasteiger charge is -2.14. The van der Waals surface area contributed by atoms with E-state index in [-0.39, 0.29) is 11.9 Å². The molecule has 3 aromatic rings. The standard InChI is InChI=1S/C22H22FNO/c1-25-20-13-16(12-19-9-5-6-10-21(19)23)11-17(14-20)15-22(24)18-7-3-2-4-8-18/h2-11,13-14,22H,12,15,24H2,1H3. The first-order valence-electron chi connectivity index (χ1n) is 8.36. The molecule has 0 fully saturated rings. The number of rotatable bonds is 6. The number of methoxy groups -OCH3 is 1. The molecule has 0 spiro atoms. The Morgan fingerprint density at radius 2 is 1.60 bits per heavy atom. The van der Waals surface area contributed by atoms with Gasteiger partial charge in [-0.15, -0.1) is 0 Å². The summed E-state index contributed by atoms with van der Waals surface area (Å²) in [7, 11) is 1.64. The van der Waals surface area contributed by atoms with E-state index in [0.717, 1.165) is 22.4 Å². The molecule has 3 aromatic carbocycles. The lowest BCUT2D eigenvalue weighted by Crippen LogP contribution is -2.13. The van der Waals surface area contributed by atoms with Crippen molar-refractivity contribution in [2.45, 2.75) is 18.9 Å². The van der Waals surface area contributed by atoms with E-state index in [2.05, 4.69) is 6.07 Å². The van der Waals surface area contributed by atoms with Gasteiger partial charge in [-0.05, 0) is 46.9 Å². The molecule has 0 aliphatic carbocycles. The minimum Gasteiger partial charge on any atom is -0.497 e. The number of hydrogen-bond donors (Lipinski definition) is 1. The summed E-state index contributed by atoms with van der Waals surface area (Å²) in [6, 6.07) is 22.8. The third kappa shape index (κ3) is 4.46. The Labute approximate surface area is 148 Å². The van der Waals surface area contributed by atoms with E-state index in [0.29, 0.717) is 18.4 Å². The minimum absolute atomic E-state index is 0.0883. The van der Waals surface area contributed by atoms with Gasteiger partial charge in [-0.2, -0.15) is 0 Å². The highest BCUT2D eigenvalue weighted by molar-refractivity contribution is 5.38. The Bertz CT molecular complexity index is 832. The molecule has 3 heteroatoms. The number of nitrogens with two attached hydrogens (primary N) is 1. The van der Waals surface area contributed by atoms with Crippen molar-refractivity contribution < 1.29 is 9.13 Å². The molecule has 0 aliphatic heterocycles. The van der Waals surface area contributed by atoms with Crippen LogP contribution in [0.5, 0.6) is 5.75 Å². The second kappa shape index (κ2) is 7.95. The van der Waals surface area contributed by atoms with Crippen LogP contribution in [0.4, 0.5) is 4.39 Å². The topological polar surface area (TPSA) is 35.2 Å². The van der Waals surface area contributed by atoms with Gasteiger partial charge in [-0.1, -0.05) is 54.6 Å². The first-order valence-corrected chi connectivity index (χ1v) is 8.36. The van der Waals surface area contributed by atoms with Crippen LogP contribution in [-0.2, 0) is 12.8 Å². The van der Waals surface area contributed by atoms with Crippen LogP contribution in [0.2, 0.25) is 0 Å². The van der Waals surface area contributed by atoms with E-state index >= 15 is 0 Å². The molecule has 2 N–H and O–H groups in total. The van der Waals surface area contributed by atoms with Crippen LogP contribution >= 0.6 is 0 Å². The smallest absolute Gasteiger partial charge is 0.126 e. The van der Waals surface area contributed by atoms with Gasteiger partial charge in [0, 0.05) is 12.5 Å². The highest BCUT2D eigenvalue weighted by Crippen LogP contribution is 2.24. The summed E-state index contributed by atoms with van der Waals surface area (Å²) < 4.78 is 19.4. The molecule has 0 aliphatic rings. The van der Waals surface area contributed by atoms with Crippen molar-refractivity contribution in [3.8, 4) is 5.75 Å². The molecule has 128 valence electrons. The van der Waals surface area contributed by atoms with Gasteiger partial charge in [-0.3, -0.25) is 0 Å². The minimum atomic E-state index is -0.187. The maximum atomic E-state index is 13.9. The normalized spacial score (nSPS) is 12.0. The van der Waals surface area contributed by atoms with E-state index in [4.69, 9.17) is 10.5 Å². The maximum absolute atomic E-state index is 13.9. The first-order chi connectivity index (χ1) is 12.2. The molecule has 25 heavy (non-hydrogen) atoms. The van der Waals surface area contributed by atoms with Crippen LogP contribution in [0.3, 0.4) is 0 Å². The summed E-state index contributed by atoms with van der Waals surface area (Å²) in [5.41, 5.74) is 10.2. The quantitative estimate of drug-likeness (QED) is 0.710. The van der Waals surface area contributed by atoms with Crippen LogP contribution in [0.25, 0.3) is 0 Å². The second-order valence-corrected chi connectivity index (χ2v) is 6.18. The van der Waals surface area contributed by atoms with Gasteiger partial charge in [-0.25, -0.2) is 4.39 Å². The molecule has 0 amide bonds. The second-order valence-electron chi connectivity index (χ2n) is 6.18. The Balaban J connectivity index is 1.84. The largest absolute Gasteiger partial charge is 0.497 e. The van der Waals surface area contributed by atoms with Crippen molar-refractivity contribution in [1.29, 1.82) is 0 Å². The Morgan fingerprint density at radius 1 is 0.920 bits per heavy atom. The van der Waals surface area contributed by atoms with Crippen LogP contribution in [0.1, 0.15) is 28.3 Å². The summed E-state index contributed by atoms with van der Waals surface area (Å²) in [4.78, 5) is 0. The summed E-state index contributed by atoms with van der Waals surface area (Å²) in [5, 5.41) is 0. The van der Waals surface area contributed by atoms with Gasteiger partial charge in [0.05, 0.1) is 7.11 Å². The Hall–Kier alpha value is -2.65. The van der Waals surface area contributed by atoms with Crippen molar-refractivity contribution in [2.24, 2.45) is 5.73 Å². The van der Waals surface area contributed by atoms with E-state index < -0.39 is 0 Å². The lowest BCUT2D eigenvalue weighted by atomic mass is 9.96. The molecule has 0 aromatic heterocycles. The average Bonchev–Trinajstić information content (AvgIpc) is 2.64. The monoisotopic (exact) mass is 335 g/mol. The predicted molar refractivity (Wildman–Crippen MR) is 99.3 cm³/mol. The van der Waals surface area contributed by atoms with Gasteiger partial charge < -0.3 is 10.5 Å². The van der Waals surface area contributed by atoms with E-state index in [9.17, 15) is 4.39 Å². The molecule has 1 unspecified atom stereocenters. The molecular formula is C22H22FNO. The summed E-state index contributed by atoms with van der Waals surface area (Å²) in [6.07, 6.45) is 1.23. The molecule has 0 heterocycles. The van der Waals surface area contributed by atoms with Crippen molar-refractivity contribution in [1.82, 2.24) is 0 Å². The van der Waals surface area contributed by atoms with Crippen LogP contribution in [0.15, 0.2) is 72.8 Å². The fourth-order valence-corrected chi connectivity index (χ4v) is 3.00. The number of benzene rings is 3. The number of hydrogen-bond acceptors (Lipinski definition) is 2. The average molecular weight is 335 g/mol. The fourth-order valence-electron chi connectivity index (χ4n) is 3.00. The van der Waals surface area contributed by atoms with Gasteiger partial charge in [0.15, 0.2) is 0 Å². The molecular weight excluding hydrogens is 313 g/mol. The zero-order chi connectivity index (χ0) is 17.6. The molecule has 3 rings (SSSR count). The van der Waals surface area contributed by atoms with E-state index in [1.807, 2.05) is 54.6 Å². The van der Waals surface area contributed by atoms with Gasteiger partial charge in [0.1, 0.15) is 11.6 Å².